The van der Waals surface area contributed by atoms with E-state index in [4.69, 9.17) is 13.0 Å². The van der Waals surface area contributed by atoms with Crippen molar-refractivity contribution in [3.63, 3.8) is 0 Å². The Morgan fingerprint density at radius 2 is 1.88 bits per heavy atom. The number of piperidine rings is 1. The second-order valence-corrected chi connectivity index (χ2v) is 8.50. The highest BCUT2D eigenvalue weighted by molar-refractivity contribution is 5.74. The molecule has 5 nitrogen and oxygen atoms in total. The van der Waals surface area contributed by atoms with Gasteiger partial charge in [0.2, 0.25) is 0 Å². The first-order valence-corrected chi connectivity index (χ1v) is 11.1. The molecule has 0 aromatic heterocycles. The topological polar surface area (TPSA) is 44.8 Å². The number of nitrogens with one attached hydrogen (secondary N) is 1. The van der Waals surface area contributed by atoms with Crippen LogP contribution >= 0.6 is 0 Å². The highest BCUT2D eigenvalue weighted by atomic mass is 19.1. The lowest BCUT2D eigenvalue weighted by molar-refractivity contribution is 0.101. The van der Waals surface area contributed by atoms with Crippen LogP contribution < -0.4 is 10.1 Å². The van der Waals surface area contributed by atoms with E-state index >= 15 is 0 Å². The number of benzene rings is 2. The summed E-state index contributed by atoms with van der Waals surface area (Å²) < 4.78 is 80.0. The third kappa shape index (κ3) is 7.16. The summed E-state index contributed by atoms with van der Waals surface area (Å²) >= 11 is 0. The third-order valence-corrected chi connectivity index (χ3v) is 5.66. The maximum absolute atomic E-state index is 14.5. The summed E-state index contributed by atoms with van der Waals surface area (Å²) in [6.45, 7) is -1.23. The molecule has 1 aliphatic heterocycles. The van der Waals surface area contributed by atoms with E-state index in [1.807, 2.05) is 26.0 Å². The molecule has 1 fully saturated rings. The maximum Gasteiger partial charge on any atom is 0.318 e. The average molecular weight is 466 g/mol. The fraction of sp³-hybridized carbons (Fsp3) is 0.500. The molecule has 180 valence electrons. The molecule has 0 unspecified atom stereocenters. The molecule has 1 N–H and O–H groups in total. The van der Waals surface area contributed by atoms with E-state index in [1.165, 1.54) is 15.9 Å². The van der Waals surface area contributed by atoms with Crippen molar-refractivity contribution in [1.82, 2.24) is 15.1 Å². The van der Waals surface area contributed by atoms with Gasteiger partial charge in [0.15, 0.2) is 0 Å². The van der Waals surface area contributed by atoms with Gasteiger partial charge >= 0.3 is 6.03 Å². The van der Waals surface area contributed by atoms with Gasteiger partial charge in [0, 0.05) is 51.6 Å². The standard InChI is InChI=1S/C26H35F2N3O2/c1-18(2)30-13-11-23(12-14-30)31(17-21-7-8-22(27)15-25(21)28)26(32)29-16-20-5-9-24(10-6-20)33-19(3)4/h5-10,15,18-19,23H,11-14,16-17H2,1-4H3,(H,29,32)/i1D3,2D3. The number of rotatable bonds is 8. The van der Waals surface area contributed by atoms with Crippen LogP contribution in [0.4, 0.5) is 13.6 Å². The Labute approximate surface area is 204 Å². The van der Waals surface area contributed by atoms with E-state index in [1.54, 1.807) is 12.1 Å². The van der Waals surface area contributed by atoms with Crippen molar-refractivity contribution in [2.75, 3.05) is 13.1 Å². The SMILES string of the molecule is [2H]C([2H])([2H])C(N1CCC(N(Cc2ccc(F)cc2F)C(=O)NCc2ccc(OC(C)C)cc2)CC1)C([2H])([2H])[2H]. The van der Waals surface area contributed by atoms with Crippen molar-refractivity contribution in [3.8, 4) is 5.75 Å². The predicted molar refractivity (Wildman–Crippen MR) is 126 cm³/mol. The Morgan fingerprint density at radius 3 is 2.48 bits per heavy atom. The van der Waals surface area contributed by atoms with E-state index in [9.17, 15) is 13.6 Å². The quantitative estimate of drug-likeness (QED) is 0.573. The number of halogens is 2. The molecular formula is C26H35F2N3O2. The Kier molecular flexibility index (Phi) is 6.17. The first-order chi connectivity index (χ1) is 18.1. The lowest BCUT2D eigenvalue weighted by Gasteiger charge is -2.40. The number of carbonyl (C=O) groups is 1. The summed E-state index contributed by atoms with van der Waals surface area (Å²) in [5, 5.41) is 2.85. The molecule has 0 spiro atoms. The van der Waals surface area contributed by atoms with Crippen molar-refractivity contribution >= 4 is 6.03 Å². The first kappa shape index (κ1) is 17.8. The van der Waals surface area contributed by atoms with Crippen molar-refractivity contribution in [3.05, 3.63) is 65.2 Å². The monoisotopic (exact) mass is 465 g/mol. The van der Waals surface area contributed by atoms with E-state index in [-0.39, 0.29) is 37.8 Å². The van der Waals surface area contributed by atoms with Crippen molar-refractivity contribution in [2.24, 2.45) is 0 Å². The van der Waals surface area contributed by atoms with Crippen LogP contribution in [0.3, 0.4) is 0 Å². The first-order valence-electron chi connectivity index (χ1n) is 14.1. The zero-order valence-electron chi connectivity index (χ0n) is 25.0. The van der Waals surface area contributed by atoms with Gasteiger partial charge in [-0.1, -0.05) is 18.2 Å². The Bertz CT molecular complexity index is 1090. The van der Waals surface area contributed by atoms with Gasteiger partial charge in [-0.2, -0.15) is 0 Å². The molecule has 33 heavy (non-hydrogen) atoms. The van der Waals surface area contributed by atoms with Gasteiger partial charge in [-0.05, 0) is 64.2 Å². The van der Waals surface area contributed by atoms with Gasteiger partial charge in [-0.3, -0.25) is 0 Å². The van der Waals surface area contributed by atoms with E-state index in [0.717, 1.165) is 17.7 Å². The largest absolute Gasteiger partial charge is 0.491 e. The number of ether oxygens (including phenoxy) is 1. The third-order valence-electron chi connectivity index (χ3n) is 5.66. The molecule has 0 atom stereocenters. The minimum absolute atomic E-state index is 0.0252. The van der Waals surface area contributed by atoms with Crippen LogP contribution in [0.25, 0.3) is 0 Å². The van der Waals surface area contributed by atoms with Crippen LogP contribution in [0.2, 0.25) is 0 Å². The molecule has 1 aliphatic rings. The average Bonchev–Trinajstić information content (AvgIpc) is 2.81. The van der Waals surface area contributed by atoms with E-state index in [0.29, 0.717) is 18.6 Å². The minimum Gasteiger partial charge on any atom is -0.491 e. The number of carbonyl (C=O) groups excluding carboxylic acids is 1. The molecular weight excluding hydrogens is 424 g/mol. The lowest BCUT2D eigenvalue weighted by atomic mass is 10.0. The fourth-order valence-corrected chi connectivity index (χ4v) is 3.89. The molecule has 0 saturated carbocycles. The summed E-state index contributed by atoms with van der Waals surface area (Å²) in [6.07, 6.45) is 0.609. The number of hydrogen-bond donors (Lipinski definition) is 1. The number of likely N-dealkylation sites (tertiary alicyclic amines) is 1. The number of urea groups is 1. The normalized spacial score (nSPS) is 18.6. The predicted octanol–water partition coefficient (Wildman–Crippen LogP) is 5.34. The smallest absolute Gasteiger partial charge is 0.318 e. The van der Waals surface area contributed by atoms with Crippen LogP contribution in [0.1, 0.15) is 59.7 Å². The number of nitrogens with zero attached hydrogens (tertiary/aromatic N) is 2. The highest BCUT2D eigenvalue weighted by Crippen LogP contribution is 2.22. The molecule has 7 heteroatoms. The molecule has 1 heterocycles. The van der Waals surface area contributed by atoms with Gasteiger partial charge < -0.3 is 19.9 Å². The summed E-state index contributed by atoms with van der Waals surface area (Å²) in [5.41, 5.74) is 0.951. The van der Waals surface area contributed by atoms with Gasteiger partial charge in [0.05, 0.1) is 12.6 Å². The van der Waals surface area contributed by atoms with Crippen LogP contribution in [-0.2, 0) is 13.1 Å². The molecule has 0 radical (unpaired) electrons. The minimum atomic E-state index is -2.71. The number of hydrogen-bond acceptors (Lipinski definition) is 3. The lowest BCUT2D eigenvalue weighted by Crippen LogP contribution is -2.51. The Hall–Kier alpha value is -2.67. The Balaban J connectivity index is 1.74. The van der Waals surface area contributed by atoms with Gasteiger partial charge in [0.25, 0.3) is 0 Å². The van der Waals surface area contributed by atoms with Crippen LogP contribution in [0.15, 0.2) is 42.5 Å². The van der Waals surface area contributed by atoms with E-state index in [2.05, 4.69) is 5.32 Å². The molecule has 2 amide bonds. The molecule has 3 rings (SSSR count). The zero-order valence-corrected chi connectivity index (χ0v) is 19.0. The maximum atomic E-state index is 14.5. The summed E-state index contributed by atoms with van der Waals surface area (Å²) in [6, 6.07) is 7.90. The van der Waals surface area contributed by atoms with E-state index < -0.39 is 43.5 Å². The summed E-state index contributed by atoms with van der Waals surface area (Å²) in [4.78, 5) is 16.2. The van der Waals surface area contributed by atoms with Gasteiger partial charge in [0.1, 0.15) is 17.4 Å². The van der Waals surface area contributed by atoms with Crippen molar-refractivity contribution in [1.29, 1.82) is 0 Å². The molecule has 0 bridgehead atoms. The van der Waals surface area contributed by atoms with Crippen molar-refractivity contribution < 1.29 is 26.5 Å². The summed E-state index contributed by atoms with van der Waals surface area (Å²) in [5.74, 6) is -0.811. The second kappa shape index (κ2) is 11.5. The van der Waals surface area contributed by atoms with Crippen LogP contribution in [0, 0.1) is 11.6 Å². The molecule has 2 aromatic carbocycles. The molecule has 1 saturated heterocycles. The van der Waals surface area contributed by atoms with Crippen LogP contribution in [-0.4, -0.2) is 47.1 Å². The highest BCUT2D eigenvalue weighted by Gasteiger charge is 2.29. The van der Waals surface area contributed by atoms with Crippen LogP contribution in [0.5, 0.6) is 5.75 Å². The molecule has 0 aliphatic carbocycles. The van der Waals surface area contributed by atoms with Gasteiger partial charge in [-0.25, -0.2) is 13.6 Å². The summed E-state index contributed by atoms with van der Waals surface area (Å²) in [7, 11) is 0. The number of amides is 2. The zero-order chi connectivity index (χ0) is 29.0. The van der Waals surface area contributed by atoms with Crippen molar-refractivity contribution in [2.45, 2.75) is 71.7 Å². The fourth-order valence-electron chi connectivity index (χ4n) is 3.89. The van der Waals surface area contributed by atoms with Gasteiger partial charge in [-0.15, -0.1) is 0 Å². The Morgan fingerprint density at radius 1 is 1.18 bits per heavy atom. The second-order valence-electron chi connectivity index (χ2n) is 8.50. The molecule has 2 aromatic rings.